The summed E-state index contributed by atoms with van der Waals surface area (Å²) in [6.45, 7) is 4.00. The zero-order valence-corrected chi connectivity index (χ0v) is 18.2. The van der Waals surface area contributed by atoms with Gasteiger partial charge in [-0.05, 0) is 44.5 Å². The van der Waals surface area contributed by atoms with Crippen LogP contribution in [0.4, 0.5) is 0 Å². The number of aryl methyl sites for hydroxylation is 2. The summed E-state index contributed by atoms with van der Waals surface area (Å²) in [4.78, 5) is 25.1. The van der Waals surface area contributed by atoms with Crippen molar-refractivity contribution in [3.63, 3.8) is 0 Å². The molecule has 11 heteroatoms. The molecule has 2 aliphatic heterocycles. The maximum Gasteiger partial charge on any atom is 0.530 e. The number of nitrogens with zero attached hydrogens (tertiary/aromatic N) is 1. The number of fused-ring (bicyclic) bond motifs is 1. The molecule has 3 heterocycles. The second-order valence-corrected chi connectivity index (χ2v) is 9.32. The normalized spacial score (nSPS) is 25.5. The second-order valence-electron chi connectivity index (χ2n) is 7.34. The number of aromatic nitrogens is 2. The second kappa shape index (κ2) is 8.20. The van der Waals surface area contributed by atoms with Gasteiger partial charge in [0.2, 0.25) is 0 Å². The zero-order valence-electron chi connectivity index (χ0n) is 16.5. The Balaban J connectivity index is 1.41. The monoisotopic (exact) mass is 452 g/mol. The first-order valence-electron chi connectivity index (χ1n) is 9.43. The first-order valence-corrected chi connectivity index (χ1v) is 11.3. The van der Waals surface area contributed by atoms with Gasteiger partial charge in [-0.2, -0.15) is 0 Å². The number of ether oxygens (including phenoxy) is 1. The number of carbonyl (C=O) groups is 1. The standard InChI is InChI=1S/C19H21N2O7PS/c1-11-5-12(2)17-13(6-11)9-25-29(24,28-17)26-10-15-3-4-16(27-15)21-7-14(8-22)18(23)20-19(21)30/h5-8,15-16H,3-4,9-10H2,1-2H3,(H,20,23,30). The topological polar surface area (TPSA) is 109 Å². The molecule has 0 saturated carbocycles. The first-order chi connectivity index (χ1) is 14.3. The Kier molecular flexibility index (Phi) is 5.78. The summed E-state index contributed by atoms with van der Waals surface area (Å²) in [7, 11) is -3.76. The quantitative estimate of drug-likeness (QED) is 0.415. The van der Waals surface area contributed by atoms with Crippen molar-refractivity contribution in [3.8, 4) is 5.75 Å². The molecule has 0 aliphatic carbocycles. The third kappa shape index (κ3) is 4.19. The Morgan fingerprint density at radius 1 is 1.37 bits per heavy atom. The molecule has 2 aliphatic rings. The van der Waals surface area contributed by atoms with Crippen molar-refractivity contribution in [2.75, 3.05) is 6.61 Å². The van der Waals surface area contributed by atoms with Crippen LogP contribution in [0.3, 0.4) is 0 Å². The van der Waals surface area contributed by atoms with Crippen LogP contribution < -0.4 is 10.1 Å². The predicted molar refractivity (Wildman–Crippen MR) is 109 cm³/mol. The highest BCUT2D eigenvalue weighted by Crippen LogP contribution is 2.55. The van der Waals surface area contributed by atoms with Gasteiger partial charge in [0.25, 0.3) is 5.56 Å². The van der Waals surface area contributed by atoms with E-state index in [9.17, 15) is 14.2 Å². The Morgan fingerprint density at radius 2 is 2.17 bits per heavy atom. The maximum absolute atomic E-state index is 12.9. The number of phosphoric acid groups is 1. The minimum atomic E-state index is -3.76. The molecule has 3 unspecified atom stereocenters. The van der Waals surface area contributed by atoms with Crippen LogP contribution in [-0.2, 0) is 25.0 Å². The Morgan fingerprint density at radius 3 is 2.93 bits per heavy atom. The summed E-state index contributed by atoms with van der Waals surface area (Å²) in [5.41, 5.74) is 2.19. The third-order valence-corrected chi connectivity index (χ3v) is 6.64. The lowest BCUT2D eigenvalue weighted by atomic mass is 10.1. The third-order valence-electron chi connectivity index (χ3n) is 5.01. The number of aromatic amines is 1. The zero-order chi connectivity index (χ0) is 21.5. The van der Waals surface area contributed by atoms with Crippen LogP contribution in [0.25, 0.3) is 0 Å². The molecular formula is C19H21N2O7PS. The molecule has 0 spiro atoms. The highest BCUT2D eigenvalue weighted by molar-refractivity contribution is 7.71. The number of hydrogen-bond donors (Lipinski definition) is 1. The number of rotatable bonds is 5. The van der Waals surface area contributed by atoms with Crippen molar-refractivity contribution in [1.82, 2.24) is 9.55 Å². The van der Waals surface area contributed by atoms with Crippen molar-refractivity contribution in [2.24, 2.45) is 0 Å². The number of H-pyrrole nitrogens is 1. The summed E-state index contributed by atoms with van der Waals surface area (Å²) >= 11 is 5.16. The van der Waals surface area contributed by atoms with Crippen LogP contribution in [0.5, 0.6) is 5.75 Å². The van der Waals surface area contributed by atoms with Crippen molar-refractivity contribution >= 4 is 26.3 Å². The summed E-state index contributed by atoms with van der Waals surface area (Å²) in [5, 5.41) is 0. The van der Waals surface area contributed by atoms with Crippen molar-refractivity contribution in [3.05, 3.63) is 55.7 Å². The van der Waals surface area contributed by atoms with Gasteiger partial charge in [0.1, 0.15) is 12.0 Å². The average Bonchev–Trinajstić information content (AvgIpc) is 3.16. The van der Waals surface area contributed by atoms with Crippen LogP contribution in [0, 0.1) is 18.6 Å². The molecule has 2 aromatic rings. The van der Waals surface area contributed by atoms with Gasteiger partial charge in [-0.15, -0.1) is 0 Å². The van der Waals surface area contributed by atoms with Gasteiger partial charge in [0.05, 0.1) is 24.9 Å². The van der Waals surface area contributed by atoms with E-state index in [2.05, 4.69) is 4.98 Å². The Bertz CT molecular complexity index is 1160. The summed E-state index contributed by atoms with van der Waals surface area (Å²) in [5.74, 6) is 0.529. The molecular weight excluding hydrogens is 431 g/mol. The van der Waals surface area contributed by atoms with E-state index in [0.717, 1.165) is 16.7 Å². The number of hydrogen-bond acceptors (Lipinski definition) is 8. The Hall–Kier alpha value is -2.10. The van der Waals surface area contributed by atoms with E-state index < -0.39 is 19.6 Å². The average molecular weight is 452 g/mol. The fraction of sp³-hybridized carbons (Fsp3) is 0.421. The van der Waals surface area contributed by atoms with Crippen LogP contribution in [0.1, 0.15) is 46.1 Å². The van der Waals surface area contributed by atoms with Gasteiger partial charge in [-0.1, -0.05) is 17.7 Å². The molecule has 1 N–H and O–H groups in total. The highest BCUT2D eigenvalue weighted by atomic mass is 32.1. The summed E-state index contributed by atoms with van der Waals surface area (Å²) in [6.07, 6.45) is 2.18. The maximum atomic E-state index is 12.9. The molecule has 0 radical (unpaired) electrons. The van der Waals surface area contributed by atoms with Crippen LogP contribution in [0.2, 0.25) is 0 Å². The van der Waals surface area contributed by atoms with E-state index in [1.807, 2.05) is 26.0 Å². The first kappa shape index (κ1) is 21.1. The highest BCUT2D eigenvalue weighted by Gasteiger charge is 2.37. The van der Waals surface area contributed by atoms with Crippen molar-refractivity contribution in [1.29, 1.82) is 0 Å². The molecule has 4 rings (SSSR count). The van der Waals surface area contributed by atoms with E-state index in [1.54, 1.807) is 0 Å². The fourth-order valence-corrected chi connectivity index (χ4v) is 5.19. The SMILES string of the molecule is Cc1cc(C)c2c(c1)COP(=O)(OCC1CCC(n3cc(C=O)c(=O)[nH]c3=S)O1)O2. The van der Waals surface area contributed by atoms with Gasteiger partial charge in [-0.3, -0.25) is 28.2 Å². The molecule has 0 bridgehead atoms. The Labute approximate surface area is 177 Å². The smallest absolute Gasteiger partial charge is 0.403 e. The molecule has 1 aromatic carbocycles. The number of benzene rings is 1. The number of carbonyl (C=O) groups excluding carboxylic acids is 1. The largest absolute Gasteiger partial charge is 0.530 e. The van der Waals surface area contributed by atoms with Crippen LogP contribution in [0.15, 0.2) is 23.1 Å². The van der Waals surface area contributed by atoms with E-state index in [0.29, 0.717) is 24.9 Å². The molecule has 160 valence electrons. The minimum absolute atomic E-state index is 0.00519. The van der Waals surface area contributed by atoms with Gasteiger partial charge < -0.3 is 9.26 Å². The molecule has 1 aromatic heterocycles. The van der Waals surface area contributed by atoms with E-state index in [1.165, 1.54) is 10.8 Å². The predicted octanol–water partition coefficient (Wildman–Crippen LogP) is 3.75. The lowest BCUT2D eigenvalue weighted by molar-refractivity contribution is -0.0256. The summed E-state index contributed by atoms with van der Waals surface area (Å²) in [6, 6.07) is 3.87. The van der Waals surface area contributed by atoms with Crippen LogP contribution >= 0.6 is 20.0 Å². The number of aldehydes is 1. The van der Waals surface area contributed by atoms with Crippen LogP contribution in [-0.4, -0.2) is 28.5 Å². The number of nitrogens with one attached hydrogen (secondary N) is 1. The van der Waals surface area contributed by atoms with Crippen molar-refractivity contribution < 1.29 is 27.7 Å². The molecule has 9 nitrogen and oxygen atoms in total. The van der Waals surface area contributed by atoms with Gasteiger partial charge in [-0.25, -0.2) is 4.57 Å². The lowest BCUT2D eigenvalue weighted by Crippen LogP contribution is -2.22. The molecule has 1 saturated heterocycles. The van der Waals surface area contributed by atoms with E-state index >= 15 is 0 Å². The molecule has 3 atom stereocenters. The van der Waals surface area contributed by atoms with E-state index in [4.69, 9.17) is 30.5 Å². The summed E-state index contributed by atoms with van der Waals surface area (Å²) < 4.78 is 37.0. The van der Waals surface area contributed by atoms with Gasteiger partial charge in [0, 0.05) is 11.8 Å². The fourth-order valence-electron chi connectivity index (χ4n) is 3.62. The lowest BCUT2D eigenvalue weighted by Gasteiger charge is -2.27. The van der Waals surface area contributed by atoms with Gasteiger partial charge >= 0.3 is 7.82 Å². The van der Waals surface area contributed by atoms with E-state index in [-0.39, 0.29) is 29.7 Å². The number of phosphoric ester groups is 1. The van der Waals surface area contributed by atoms with Crippen molar-refractivity contribution in [2.45, 2.75) is 45.6 Å². The molecule has 0 amide bonds. The minimum Gasteiger partial charge on any atom is -0.403 e. The molecule has 30 heavy (non-hydrogen) atoms. The molecule has 1 fully saturated rings. The van der Waals surface area contributed by atoms with Gasteiger partial charge in [0.15, 0.2) is 11.1 Å².